The second-order valence-electron chi connectivity index (χ2n) is 7.38. The zero-order valence-corrected chi connectivity index (χ0v) is 17.4. The Morgan fingerprint density at radius 1 is 1.03 bits per heavy atom. The molecular weight excluding hydrogens is 467 g/mol. The fourth-order valence-electron chi connectivity index (χ4n) is 3.63. The summed E-state index contributed by atoms with van der Waals surface area (Å²) in [4.78, 5) is 25.5. The topological polar surface area (TPSA) is 88.3 Å². The second kappa shape index (κ2) is 8.82. The first-order valence-corrected chi connectivity index (χ1v) is 9.86. The Morgan fingerprint density at radius 2 is 1.62 bits per heavy atom. The number of benzene rings is 2. The van der Waals surface area contributed by atoms with Crippen LogP contribution in [0, 0.1) is 39.2 Å². The van der Waals surface area contributed by atoms with Gasteiger partial charge in [0.15, 0.2) is 23.3 Å². The Bertz CT molecular complexity index is 1250. The molecule has 0 unspecified atom stereocenters. The summed E-state index contributed by atoms with van der Waals surface area (Å²) in [5.74, 6) is -12.4. The minimum Gasteiger partial charge on any atom is -0.378 e. The molecule has 4 rings (SSSR count). The number of nitrogens with zero attached hydrogens (tertiary/aromatic N) is 4. The van der Waals surface area contributed by atoms with E-state index in [1.807, 2.05) is 4.90 Å². The van der Waals surface area contributed by atoms with E-state index in [0.717, 1.165) is 0 Å². The maximum Gasteiger partial charge on any atom is 0.280 e. The minimum atomic E-state index is -2.37. The van der Waals surface area contributed by atoms with Crippen molar-refractivity contribution in [3.8, 4) is 0 Å². The molecule has 0 N–H and O–H groups in total. The molecule has 1 fully saturated rings. The lowest BCUT2D eigenvalue weighted by atomic mass is 10.0. The minimum absolute atomic E-state index is 0.0865. The van der Waals surface area contributed by atoms with Gasteiger partial charge in [0.05, 0.1) is 29.4 Å². The van der Waals surface area contributed by atoms with Crippen LogP contribution in [0.15, 0.2) is 28.9 Å². The summed E-state index contributed by atoms with van der Waals surface area (Å²) in [6.07, 6.45) is 1.23. The van der Waals surface area contributed by atoms with E-state index in [1.54, 1.807) is 0 Å². The normalized spacial score (nSPS) is 17.5. The first kappa shape index (κ1) is 23.3. The van der Waals surface area contributed by atoms with Gasteiger partial charge in [-0.1, -0.05) is 0 Å². The lowest BCUT2D eigenvalue weighted by Crippen LogP contribution is -2.36. The molecule has 0 spiro atoms. The van der Waals surface area contributed by atoms with Gasteiger partial charge in [0.25, 0.3) is 11.6 Å². The Hall–Kier alpha value is -3.87. The van der Waals surface area contributed by atoms with Crippen LogP contribution in [0.2, 0.25) is 0 Å². The van der Waals surface area contributed by atoms with E-state index in [1.165, 1.54) is 31.2 Å². The van der Waals surface area contributed by atoms with Crippen LogP contribution in [-0.2, 0) is 9.53 Å². The zero-order chi connectivity index (χ0) is 24.7. The smallest absolute Gasteiger partial charge is 0.280 e. The van der Waals surface area contributed by atoms with Gasteiger partial charge in [-0.15, -0.1) is 0 Å². The van der Waals surface area contributed by atoms with E-state index >= 15 is 0 Å². The van der Waals surface area contributed by atoms with Crippen molar-refractivity contribution in [2.75, 3.05) is 36.2 Å². The number of carbonyl (C=O) groups excluding carboxylic acids is 1. The van der Waals surface area contributed by atoms with Gasteiger partial charge in [0.1, 0.15) is 5.69 Å². The van der Waals surface area contributed by atoms with Crippen LogP contribution in [0.25, 0.3) is 6.08 Å². The highest BCUT2D eigenvalue weighted by Gasteiger charge is 2.37. The predicted molar refractivity (Wildman–Crippen MR) is 111 cm³/mol. The summed E-state index contributed by atoms with van der Waals surface area (Å²) >= 11 is 0. The molecule has 0 radical (unpaired) electrons. The molecule has 1 saturated heterocycles. The maximum atomic E-state index is 14.3. The molecule has 0 aliphatic carbocycles. The number of hydrogen-bond donors (Lipinski definition) is 0. The average molecular weight is 482 g/mol. The molecular formula is C21H15F5N4O4. The number of halogens is 5. The quantitative estimate of drug-likeness (QED) is 0.165. The molecule has 0 saturated carbocycles. The Labute approximate surface area is 188 Å². The van der Waals surface area contributed by atoms with Gasteiger partial charge in [-0.05, 0) is 19.1 Å². The van der Waals surface area contributed by atoms with Crippen LogP contribution >= 0.6 is 0 Å². The summed E-state index contributed by atoms with van der Waals surface area (Å²) in [5.41, 5.74) is -1.37. The van der Waals surface area contributed by atoms with Crippen molar-refractivity contribution in [1.29, 1.82) is 0 Å². The number of nitro benzene ring substituents is 1. The molecule has 0 atom stereocenters. The predicted octanol–water partition coefficient (Wildman–Crippen LogP) is 3.93. The SMILES string of the molecule is CC1=NN(c2c(F)c(F)c(F)c(F)c2F)C(=O)/C1=C/c1cc([N+](=O)[O-])ccc1N1CCOCC1. The van der Waals surface area contributed by atoms with E-state index in [-0.39, 0.29) is 27.5 Å². The third-order valence-corrected chi connectivity index (χ3v) is 5.33. The van der Waals surface area contributed by atoms with Gasteiger partial charge in [0, 0.05) is 36.5 Å². The molecule has 2 aliphatic rings. The lowest BCUT2D eigenvalue weighted by Gasteiger charge is -2.30. The van der Waals surface area contributed by atoms with Gasteiger partial charge in [-0.2, -0.15) is 10.1 Å². The van der Waals surface area contributed by atoms with Crippen LogP contribution < -0.4 is 9.91 Å². The van der Waals surface area contributed by atoms with Crippen LogP contribution in [0.3, 0.4) is 0 Å². The third kappa shape index (κ3) is 3.87. The van der Waals surface area contributed by atoms with Gasteiger partial charge >= 0.3 is 0 Å². The van der Waals surface area contributed by atoms with E-state index < -0.39 is 45.6 Å². The molecule has 2 aromatic rings. The van der Waals surface area contributed by atoms with Crippen LogP contribution in [0.4, 0.5) is 39.0 Å². The number of amides is 1. The number of carbonyl (C=O) groups is 1. The van der Waals surface area contributed by atoms with Gasteiger partial charge in [0.2, 0.25) is 5.82 Å². The second-order valence-corrected chi connectivity index (χ2v) is 7.38. The molecule has 0 aromatic heterocycles. The number of nitro groups is 1. The Kier molecular flexibility index (Phi) is 6.04. The number of ether oxygens (including phenoxy) is 1. The maximum absolute atomic E-state index is 14.3. The van der Waals surface area contributed by atoms with Crippen molar-refractivity contribution < 1.29 is 36.4 Å². The largest absolute Gasteiger partial charge is 0.378 e. The fourth-order valence-corrected chi connectivity index (χ4v) is 3.63. The van der Waals surface area contributed by atoms with Crippen molar-refractivity contribution in [2.45, 2.75) is 6.92 Å². The Balaban J connectivity index is 1.80. The molecule has 1 amide bonds. The summed E-state index contributed by atoms with van der Waals surface area (Å²) in [7, 11) is 0. The highest BCUT2D eigenvalue weighted by atomic mass is 19.2. The van der Waals surface area contributed by atoms with Crippen LogP contribution in [0.1, 0.15) is 12.5 Å². The monoisotopic (exact) mass is 482 g/mol. The molecule has 178 valence electrons. The van der Waals surface area contributed by atoms with Crippen LogP contribution in [-0.4, -0.2) is 42.8 Å². The summed E-state index contributed by atoms with van der Waals surface area (Å²) in [6, 6.07) is 3.98. The molecule has 34 heavy (non-hydrogen) atoms. The number of hydrazone groups is 1. The lowest BCUT2D eigenvalue weighted by molar-refractivity contribution is -0.384. The van der Waals surface area contributed by atoms with Crippen molar-refractivity contribution in [3.63, 3.8) is 0 Å². The van der Waals surface area contributed by atoms with E-state index in [0.29, 0.717) is 32.0 Å². The highest BCUT2D eigenvalue weighted by Crippen LogP contribution is 2.35. The van der Waals surface area contributed by atoms with Gasteiger partial charge < -0.3 is 9.64 Å². The summed E-state index contributed by atoms with van der Waals surface area (Å²) in [5, 5.41) is 15.0. The molecule has 2 heterocycles. The fraction of sp³-hybridized carbons (Fsp3) is 0.238. The number of hydrogen-bond acceptors (Lipinski definition) is 6. The van der Waals surface area contributed by atoms with Crippen LogP contribution in [0.5, 0.6) is 0 Å². The summed E-state index contributed by atoms with van der Waals surface area (Å²) in [6.45, 7) is 3.03. The molecule has 13 heteroatoms. The first-order chi connectivity index (χ1) is 16.1. The van der Waals surface area contributed by atoms with Crippen molar-refractivity contribution in [2.24, 2.45) is 5.10 Å². The molecule has 8 nitrogen and oxygen atoms in total. The summed E-state index contributed by atoms with van der Waals surface area (Å²) < 4.78 is 74.5. The van der Waals surface area contributed by atoms with Crippen molar-refractivity contribution in [3.05, 3.63) is 68.5 Å². The average Bonchev–Trinajstić information content (AvgIpc) is 3.10. The molecule has 2 aromatic carbocycles. The van der Waals surface area contributed by atoms with E-state index in [2.05, 4.69) is 5.10 Å². The molecule has 0 bridgehead atoms. The number of anilines is 2. The van der Waals surface area contributed by atoms with Gasteiger partial charge in [-0.25, -0.2) is 22.0 Å². The van der Waals surface area contributed by atoms with E-state index in [9.17, 15) is 36.9 Å². The van der Waals surface area contributed by atoms with Crippen molar-refractivity contribution >= 4 is 34.8 Å². The van der Waals surface area contributed by atoms with Crippen molar-refractivity contribution in [1.82, 2.24) is 0 Å². The Morgan fingerprint density at radius 3 is 2.21 bits per heavy atom. The molecule has 2 aliphatic heterocycles. The van der Waals surface area contributed by atoms with Gasteiger partial charge in [-0.3, -0.25) is 14.9 Å². The zero-order valence-electron chi connectivity index (χ0n) is 17.4. The third-order valence-electron chi connectivity index (χ3n) is 5.33. The number of morpholine rings is 1. The van der Waals surface area contributed by atoms with E-state index in [4.69, 9.17) is 4.74 Å². The highest BCUT2D eigenvalue weighted by molar-refractivity contribution is 6.32. The number of non-ortho nitro benzene ring substituents is 1. The first-order valence-electron chi connectivity index (χ1n) is 9.86. The number of rotatable bonds is 4. The standard InChI is InChI=1S/C21H15F5N4O4/c1-10-13(21(31)29(27-10)20-18(25)16(23)15(22)17(24)19(20)26)9-11-8-12(30(32)33)2-3-14(11)28-4-6-34-7-5-28/h2-3,8-9H,4-7H2,1H3/b13-9+.